The van der Waals surface area contributed by atoms with Crippen molar-refractivity contribution in [2.45, 2.75) is 19.4 Å². The summed E-state index contributed by atoms with van der Waals surface area (Å²) in [4.78, 5) is 4.46. The number of nitrogens with one attached hydrogen (secondary N) is 1. The summed E-state index contributed by atoms with van der Waals surface area (Å²) < 4.78 is 44.6. The molecule has 7 heteroatoms. The van der Waals surface area contributed by atoms with Gasteiger partial charge >= 0.3 is 0 Å². The maximum atomic E-state index is 14.4. The number of nitrogens with zero attached hydrogens (tertiary/aromatic N) is 3. The first kappa shape index (κ1) is 15.2. The summed E-state index contributed by atoms with van der Waals surface area (Å²) in [6.07, 6.45) is 3.32. The van der Waals surface area contributed by atoms with E-state index in [1.54, 1.807) is 6.20 Å². The Hall–Kier alpha value is -3.09. The van der Waals surface area contributed by atoms with Crippen LogP contribution in [-0.4, -0.2) is 19.7 Å². The van der Waals surface area contributed by atoms with Crippen molar-refractivity contribution in [2.75, 3.05) is 0 Å². The van der Waals surface area contributed by atoms with Crippen LogP contribution in [0.1, 0.15) is 12.2 Å². The second-order valence-corrected chi connectivity index (χ2v) is 6.37. The number of H-pyrrole nitrogens is 1. The van der Waals surface area contributed by atoms with Gasteiger partial charge in [-0.15, -0.1) is 0 Å². The van der Waals surface area contributed by atoms with E-state index >= 15 is 0 Å². The zero-order chi connectivity index (χ0) is 17.8. The molecule has 0 fully saturated rings. The number of aryl methyl sites for hydroxylation is 1. The zero-order valence-electron chi connectivity index (χ0n) is 13.6. The number of hydrogen-bond acceptors (Lipinski definition) is 2. The van der Waals surface area contributed by atoms with Gasteiger partial charge in [0.25, 0.3) is 0 Å². The van der Waals surface area contributed by atoms with Gasteiger partial charge in [-0.05, 0) is 30.7 Å². The molecule has 26 heavy (non-hydrogen) atoms. The van der Waals surface area contributed by atoms with Gasteiger partial charge in [-0.2, -0.15) is 5.10 Å². The lowest BCUT2D eigenvalue weighted by Gasteiger charge is -2.10. The number of hydrogen-bond donors (Lipinski definition) is 1. The minimum Gasteiger partial charge on any atom is -0.327 e. The third-order valence-electron chi connectivity index (χ3n) is 4.82. The molecule has 0 bridgehead atoms. The Morgan fingerprint density at radius 3 is 2.77 bits per heavy atom. The highest BCUT2D eigenvalue weighted by Crippen LogP contribution is 2.39. The van der Waals surface area contributed by atoms with Crippen LogP contribution in [0.15, 0.2) is 36.5 Å². The van der Waals surface area contributed by atoms with Gasteiger partial charge in [-0.25, -0.2) is 18.2 Å². The van der Waals surface area contributed by atoms with Crippen LogP contribution in [-0.2, 0) is 13.0 Å². The van der Waals surface area contributed by atoms with Crippen molar-refractivity contribution in [1.82, 2.24) is 19.7 Å². The van der Waals surface area contributed by atoms with Crippen LogP contribution in [0.5, 0.6) is 0 Å². The minimum atomic E-state index is -1.22. The van der Waals surface area contributed by atoms with Crippen LogP contribution in [0.25, 0.3) is 33.4 Å². The second-order valence-electron chi connectivity index (χ2n) is 6.37. The van der Waals surface area contributed by atoms with Crippen molar-refractivity contribution in [2.24, 2.45) is 0 Å². The van der Waals surface area contributed by atoms with E-state index in [1.165, 1.54) is 0 Å². The lowest BCUT2D eigenvalue weighted by Crippen LogP contribution is -1.99. The lowest BCUT2D eigenvalue weighted by molar-refractivity contribution is 0.498. The molecule has 0 atom stereocenters. The monoisotopic (exact) mass is 354 g/mol. The molecule has 4 nitrogen and oxygen atoms in total. The number of fused-ring (bicyclic) bond motifs is 2. The summed E-state index contributed by atoms with van der Waals surface area (Å²) in [5, 5.41) is 7.75. The van der Waals surface area contributed by atoms with E-state index in [2.05, 4.69) is 15.2 Å². The summed E-state index contributed by atoms with van der Waals surface area (Å²) >= 11 is 0. The van der Waals surface area contributed by atoms with Crippen molar-refractivity contribution >= 4 is 10.9 Å². The van der Waals surface area contributed by atoms with Gasteiger partial charge in [0.05, 0.1) is 23.0 Å². The van der Waals surface area contributed by atoms with Crippen molar-refractivity contribution in [3.63, 3.8) is 0 Å². The normalized spacial score (nSPS) is 13.5. The van der Waals surface area contributed by atoms with Gasteiger partial charge in [0.15, 0.2) is 11.6 Å². The number of benzene rings is 2. The van der Waals surface area contributed by atoms with Crippen molar-refractivity contribution in [3.05, 3.63) is 59.8 Å². The lowest BCUT2D eigenvalue weighted by atomic mass is 10.0. The fourth-order valence-electron chi connectivity index (χ4n) is 3.63. The first-order chi connectivity index (χ1) is 12.6. The molecule has 2 aromatic carbocycles. The van der Waals surface area contributed by atoms with E-state index in [0.717, 1.165) is 47.3 Å². The van der Waals surface area contributed by atoms with Gasteiger partial charge in [0, 0.05) is 23.9 Å². The molecule has 130 valence electrons. The number of aromatic nitrogens is 4. The van der Waals surface area contributed by atoms with Crippen molar-refractivity contribution < 1.29 is 13.2 Å². The number of aromatic amines is 1. The van der Waals surface area contributed by atoms with E-state index in [4.69, 9.17) is 0 Å². The fraction of sp³-hybridized carbons (Fsp3) is 0.158. The Morgan fingerprint density at radius 1 is 1.04 bits per heavy atom. The van der Waals surface area contributed by atoms with Crippen LogP contribution in [0.4, 0.5) is 13.2 Å². The first-order valence-electron chi connectivity index (χ1n) is 8.30. The van der Waals surface area contributed by atoms with E-state index in [0.29, 0.717) is 12.2 Å². The Morgan fingerprint density at radius 2 is 1.88 bits per heavy atom. The van der Waals surface area contributed by atoms with Gasteiger partial charge in [-0.1, -0.05) is 6.07 Å². The largest absolute Gasteiger partial charge is 0.327 e. The molecule has 1 N–H and O–H groups in total. The van der Waals surface area contributed by atoms with E-state index in [-0.39, 0.29) is 5.69 Å². The van der Waals surface area contributed by atoms with Crippen LogP contribution in [0.2, 0.25) is 0 Å². The summed E-state index contributed by atoms with van der Waals surface area (Å²) in [5.41, 5.74) is 1.94. The van der Waals surface area contributed by atoms with Crippen molar-refractivity contribution in [3.8, 4) is 22.5 Å². The molecule has 2 aromatic heterocycles. The molecule has 3 heterocycles. The second kappa shape index (κ2) is 5.45. The quantitative estimate of drug-likeness (QED) is 0.541. The van der Waals surface area contributed by atoms with Crippen LogP contribution >= 0.6 is 0 Å². The van der Waals surface area contributed by atoms with E-state index < -0.39 is 23.0 Å². The van der Waals surface area contributed by atoms with Crippen LogP contribution in [0, 0.1) is 17.5 Å². The third-order valence-corrected chi connectivity index (χ3v) is 4.82. The van der Waals surface area contributed by atoms with Gasteiger partial charge < -0.3 is 4.57 Å². The van der Waals surface area contributed by atoms with Crippen LogP contribution < -0.4 is 0 Å². The third kappa shape index (κ3) is 2.09. The summed E-state index contributed by atoms with van der Waals surface area (Å²) in [7, 11) is 0. The van der Waals surface area contributed by atoms with Crippen LogP contribution in [0.3, 0.4) is 0 Å². The minimum absolute atomic E-state index is 0.136. The molecule has 0 radical (unpaired) electrons. The molecule has 1 aliphatic rings. The smallest absolute Gasteiger partial charge is 0.171 e. The fourth-order valence-corrected chi connectivity index (χ4v) is 3.63. The molecule has 4 aromatic rings. The molecule has 5 rings (SSSR count). The van der Waals surface area contributed by atoms with E-state index in [9.17, 15) is 13.2 Å². The Bertz CT molecular complexity index is 1160. The predicted molar refractivity (Wildman–Crippen MR) is 90.9 cm³/mol. The molecule has 0 saturated carbocycles. The van der Waals surface area contributed by atoms with Gasteiger partial charge in [0.2, 0.25) is 0 Å². The maximum absolute atomic E-state index is 14.4. The van der Waals surface area contributed by atoms with Crippen molar-refractivity contribution in [1.29, 1.82) is 0 Å². The zero-order valence-corrected chi connectivity index (χ0v) is 13.6. The van der Waals surface area contributed by atoms with Gasteiger partial charge in [-0.3, -0.25) is 5.10 Å². The van der Waals surface area contributed by atoms with E-state index in [1.807, 2.05) is 22.8 Å². The average Bonchev–Trinajstić information content (AvgIpc) is 3.33. The molecule has 0 saturated heterocycles. The summed E-state index contributed by atoms with van der Waals surface area (Å²) in [6.45, 7) is 0.708. The molecule has 0 spiro atoms. The molecule has 0 unspecified atom stereocenters. The maximum Gasteiger partial charge on any atom is 0.171 e. The number of halogens is 3. The molecular weight excluding hydrogens is 341 g/mol. The molecule has 0 aliphatic carbocycles. The number of imidazole rings is 1. The first-order valence-corrected chi connectivity index (χ1v) is 8.30. The average molecular weight is 354 g/mol. The molecule has 1 aliphatic heterocycles. The summed E-state index contributed by atoms with van der Waals surface area (Å²) in [5.74, 6) is -2.38. The predicted octanol–water partition coefficient (Wildman–Crippen LogP) is 4.46. The SMILES string of the molecule is Fc1ccc(F)c(-c2nc3n(c2-c2ccc4[nH]ncc4c2)CCC3)c1F. The highest BCUT2D eigenvalue weighted by atomic mass is 19.2. The summed E-state index contributed by atoms with van der Waals surface area (Å²) in [6, 6.07) is 7.31. The van der Waals surface area contributed by atoms with Gasteiger partial charge in [0.1, 0.15) is 17.3 Å². The highest BCUT2D eigenvalue weighted by Gasteiger charge is 2.28. The Balaban J connectivity index is 1.82. The number of rotatable bonds is 2. The Kier molecular flexibility index (Phi) is 3.19. The molecular formula is C19H13F3N4. The standard InChI is InChI=1S/C19H13F3N4/c20-12-4-5-13(21)17(22)16(12)18-19(26-7-1-2-15(26)24-18)10-3-6-14-11(8-10)9-23-25-14/h3-6,8-9H,1-2,7H2,(H,23,25). The highest BCUT2D eigenvalue weighted by molar-refractivity contribution is 5.87. The Labute approximate surface area is 146 Å². The topological polar surface area (TPSA) is 46.5 Å². The molecule has 0 amide bonds.